The minimum Gasteiger partial charge on any atom is -0.508 e. The van der Waals surface area contributed by atoms with E-state index in [4.69, 9.17) is 0 Å². The van der Waals surface area contributed by atoms with Crippen molar-refractivity contribution in [2.24, 2.45) is 5.92 Å². The van der Waals surface area contributed by atoms with E-state index < -0.39 is 9.84 Å². The highest BCUT2D eigenvalue weighted by molar-refractivity contribution is 7.95. The van der Waals surface area contributed by atoms with Crippen LogP contribution in [-0.2, 0) is 9.84 Å². The van der Waals surface area contributed by atoms with Crippen LogP contribution in [0.5, 0.6) is 5.75 Å². The second-order valence-corrected chi connectivity index (χ2v) is 6.68. The summed E-state index contributed by atoms with van der Waals surface area (Å²) in [7, 11) is -3.50. The Hall–Kier alpha value is -1.29. The molecule has 0 amide bonds. The van der Waals surface area contributed by atoms with E-state index in [0.29, 0.717) is 4.91 Å². The first-order chi connectivity index (χ1) is 8.93. The summed E-state index contributed by atoms with van der Waals surface area (Å²) in [6, 6.07) is 5.83. The van der Waals surface area contributed by atoms with Gasteiger partial charge in [0.15, 0.2) is 0 Å². The lowest BCUT2D eigenvalue weighted by Crippen LogP contribution is -2.12. The van der Waals surface area contributed by atoms with Crippen molar-refractivity contribution in [3.8, 4) is 5.75 Å². The lowest BCUT2D eigenvalue weighted by molar-refractivity contribution is 0.473. The van der Waals surface area contributed by atoms with Crippen LogP contribution in [-0.4, -0.2) is 13.5 Å². The van der Waals surface area contributed by atoms with Crippen LogP contribution in [0.2, 0.25) is 0 Å². The van der Waals surface area contributed by atoms with E-state index in [1.807, 2.05) is 6.92 Å². The molecule has 0 aromatic heterocycles. The number of allylic oxidation sites excluding steroid dienone is 2. The summed E-state index contributed by atoms with van der Waals surface area (Å²) >= 11 is 0. The fourth-order valence-corrected chi connectivity index (χ4v) is 3.91. The third kappa shape index (κ3) is 3.83. The highest BCUT2D eigenvalue weighted by Gasteiger charge is 2.24. The Morgan fingerprint density at radius 2 is 2.11 bits per heavy atom. The summed E-state index contributed by atoms with van der Waals surface area (Å²) < 4.78 is 25.1. The number of rotatable bonds is 6. The second-order valence-electron chi connectivity index (χ2n) is 4.74. The first-order valence-electron chi connectivity index (χ1n) is 6.63. The average Bonchev–Trinajstić information content (AvgIpc) is 2.36. The van der Waals surface area contributed by atoms with E-state index in [-0.39, 0.29) is 16.6 Å². The molecule has 0 heterocycles. The summed E-state index contributed by atoms with van der Waals surface area (Å²) in [4.78, 5) is 0.593. The highest BCUT2D eigenvalue weighted by Crippen LogP contribution is 2.29. The molecule has 19 heavy (non-hydrogen) atoms. The Bertz CT molecular complexity index is 544. The van der Waals surface area contributed by atoms with E-state index in [1.165, 1.54) is 18.2 Å². The smallest absolute Gasteiger partial charge is 0.202 e. The number of sulfone groups is 1. The molecule has 1 N–H and O–H groups in total. The summed E-state index contributed by atoms with van der Waals surface area (Å²) in [6.45, 7) is 5.77. The average molecular weight is 282 g/mol. The number of benzene rings is 1. The molecule has 1 aromatic carbocycles. The molecular formula is C15H22O3S. The third-order valence-electron chi connectivity index (χ3n) is 3.20. The summed E-state index contributed by atoms with van der Waals surface area (Å²) in [5.74, 6) is -0.0324. The molecule has 106 valence electrons. The standard InChI is InChI=1S/C15H22O3S/c1-4-6-8-12(3)15(5-2)19(17,18)14-10-7-9-13(16)11-14/h5,7,9-12,16H,4,6,8H2,1-3H3/b15-5+. The summed E-state index contributed by atoms with van der Waals surface area (Å²) in [5, 5.41) is 9.43. The minimum atomic E-state index is -3.50. The number of phenolic OH excluding ortho intramolecular Hbond substituents is 1. The normalized spacial score (nSPS) is 14.4. The van der Waals surface area contributed by atoms with Crippen LogP contribution in [0.25, 0.3) is 0 Å². The maximum Gasteiger partial charge on any atom is 0.202 e. The van der Waals surface area contributed by atoms with E-state index >= 15 is 0 Å². The SMILES string of the molecule is C/C=C(\C(C)CCCC)S(=O)(=O)c1cccc(O)c1. The molecule has 1 atom stereocenters. The quantitative estimate of drug-likeness (QED) is 0.861. The lowest BCUT2D eigenvalue weighted by Gasteiger charge is -2.16. The van der Waals surface area contributed by atoms with Crippen LogP contribution >= 0.6 is 0 Å². The monoisotopic (exact) mass is 282 g/mol. The number of phenols is 1. The minimum absolute atomic E-state index is 0.00250. The largest absolute Gasteiger partial charge is 0.508 e. The highest BCUT2D eigenvalue weighted by atomic mass is 32.2. The molecule has 0 radical (unpaired) electrons. The number of aromatic hydroxyl groups is 1. The van der Waals surface area contributed by atoms with Crippen LogP contribution in [0.15, 0.2) is 40.1 Å². The molecule has 0 bridgehead atoms. The summed E-state index contributed by atoms with van der Waals surface area (Å²) in [5.41, 5.74) is 0. The van der Waals surface area contributed by atoms with Gasteiger partial charge in [0.25, 0.3) is 0 Å². The van der Waals surface area contributed by atoms with Gasteiger partial charge in [-0.05, 0) is 37.5 Å². The van der Waals surface area contributed by atoms with Gasteiger partial charge in [0, 0.05) is 4.91 Å². The van der Waals surface area contributed by atoms with Crippen LogP contribution in [0.1, 0.15) is 40.0 Å². The molecule has 0 fully saturated rings. The van der Waals surface area contributed by atoms with Crippen molar-refractivity contribution < 1.29 is 13.5 Å². The van der Waals surface area contributed by atoms with E-state index in [9.17, 15) is 13.5 Å². The molecule has 4 heteroatoms. The van der Waals surface area contributed by atoms with Gasteiger partial charge in [0.2, 0.25) is 9.84 Å². The van der Waals surface area contributed by atoms with E-state index in [0.717, 1.165) is 19.3 Å². The molecule has 1 rings (SSSR count). The topological polar surface area (TPSA) is 54.4 Å². The number of hydrogen-bond donors (Lipinski definition) is 1. The van der Waals surface area contributed by atoms with Crippen LogP contribution in [0, 0.1) is 5.92 Å². The van der Waals surface area contributed by atoms with Gasteiger partial charge in [0.1, 0.15) is 5.75 Å². The van der Waals surface area contributed by atoms with Crippen molar-refractivity contribution in [1.82, 2.24) is 0 Å². The maximum atomic E-state index is 12.5. The predicted octanol–water partition coefficient (Wildman–Crippen LogP) is 3.90. The zero-order valence-electron chi connectivity index (χ0n) is 11.8. The van der Waals surface area contributed by atoms with Gasteiger partial charge in [-0.25, -0.2) is 8.42 Å². The van der Waals surface area contributed by atoms with Crippen LogP contribution in [0.3, 0.4) is 0 Å². The van der Waals surface area contributed by atoms with Crippen molar-refractivity contribution in [2.45, 2.75) is 44.9 Å². The van der Waals surface area contributed by atoms with Gasteiger partial charge in [0.05, 0.1) is 4.90 Å². The molecule has 0 saturated heterocycles. The molecule has 1 aromatic rings. The van der Waals surface area contributed by atoms with Crippen molar-refractivity contribution in [2.75, 3.05) is 0 Å². The van der Waals surface area contributed by atoms with E-state index in [2.05, 4.69) is 6.92 Å². The maximum absolute atomic E-state index is 12.5. The van der Waals surface area contributed by atoms with Gasteiger partial charge >= 0.3 is 0 Å². The fourth-order valence-electron chi connectivity index (χ4n) is 2.14. The molecule has 0 aliphatic heterocycles. The van der Waals surface area contributed by atoms with Crippen LogP contribution in [0.4, 0.5) is 0 Å². The van der Waals surface area contributed by atoms with Gasteiger partial charge in [-0.1, -0.05) is 38.8 Å². The fraction of sp³-hybridized carbons (Fsp3) is 0.467. The molecule has 0 aliphatic rings. The molecule has 3 nitrogen and oxygen atoms in total. The first kappa shape index (κ1) is 15.8. The van der Waals surface area contributed by atoms with Crippen molar-refractivity contribution in [3.05, 3.63) is 35.2 Å². The number of unbranched alkanes of at least 4 members (excludes halogenated alkanes) is 1. The van der Waals surface area contributed by atoms with Gasteiger partial charge in [-0.15, -0.1) is 0 Å². The molecule has 1 unspecified atom stereocenters. The Balaban J connectivity index is 3.10. The Kier molecular flexibility index (Phi) is 5.60. The molecule has 0 saturated carbocycles. The lowest BCUT2D eigenvalue weighted by atomic mass is 10.0. The molecule has 0 aliphatic carbocycles. The van der Waals surface area contributed by atoms with Gasteiger partial charge < -0.3 is 5.11 Å². The van der Waals surface area contributed by atoms with Crippen molar-refractivity contribution in [1.29, 1.82) is 0 Å². The first-order valence-corrected chi connectivity index (χ1v) is 8.12. The molecular weight excluding hydrogens is 260 g/mol. The van der Waals surface area contributed by atoms with Gasteiger partial charge in [-0.3, -0.25) is 0 Å². The predicted molar refractivity (Wildman–Crippen MR) is 77.7 cm³/mol. The van der Waals surface area contributed by atoms with Gasteiger partial charge in [-0.2, -0.15) is 0 Å². The third-order valence-corrected chi connectivity index (χ3v) is 5.33. The zero-order valence-corrected chi connectivity index (χ0v) is 12.6. The second kappa shape index (κ2) is 6.75. The Morgan fingerprint density at radius 3 is 2.63 bits per heavy atom. The molecule has 0 spiro atoms. The summed E-state index contributed by atoms with van der Waals surface area (Å²) in [6.07, 6.45) is 4.58. The number of hydrogen-bond acceptors (Lipinski definition) is 3. The van der Waals surface area contributed by atoms with E-state index in [1.54, 1.807) is 19.1 Å². The Labute approximate surface area is 115 Å². The van der Waals surface area contributed by atoms with Crippen molar-refractivity contribution in [3.63, 3.8) is 0 Å². The Morgan fingerprint density at radius 1 is 1.42 bits per heavy atom. The van der Waals surface area contributed by atoms with Crippen LogP contribution < -0.4 is 0 Å². The zero-order chi connectivity index (χ0) is 14.5. The van der Waals surface area contributed by atoms with Crippen molar-refractivity contribution >= 4 is 9.84 Å².